The van der Waals surface area contributed by atoms with Crippen LogP contribution < -0.4 is 11.1 Å². The van der Waals surface area contributed by atoms with Crippen molar-refractivity contribution in [2.75, 3.05) is 6.54 Å². The highest BCUT2D eigenvalue weighted by Crippen LogP contribution is 2.17. The zero-order chi connectivity index (χ0) is 13.0. The summed E-state index contributed by atoms with van der Waals surface area (Å²) in [5, 5.41) is 2.72. The number of hydrogen-bond donors (Lipinski definition) is 2. The van der Waals surface area contributed by atoms with Gasteiger partial charge >= 0.3 is 0 Å². The molecule has 5 heteroatoms. The first kappa shape index (κ1) is 14.1. The lowest BCUT2D eigenvalue weighted by atomic mass is 10.1. The van der Waals surface area contributed by atoms with Crippen LogP contribution in [0.2, 0.25) is 0 Å². The van der Waals surface area contributed by atoms with Crippen LogP contribution in [0.15, 0.2) is 22.7 Å². The molecule has 0 heterocycles. The van der Waals surface area contributed by atoms with Gasteiger partial charge in [-0.1, -0.05) is 13.8 Å². The van der Waals surface area contributed by atoms with Crippen LogP contribution in [0.1, 0.15) is 24.2 Å². The van der Waals surface area contributed by atoms with Crippen molar-refractivity contribution < 1.29 is 9.18 Å². The van der Waals surface area contributed by atoms with Crippen molar-refractivity contribution in [1.82, 2.24) is 5.32 Å². The van der Waals surface area contributed by atoms with Crippen LogP contribution in [-0.2, 0) is 0 Å². The van der Waals surface area contributed by atoms with E-state index < -0.39 is 0 Å². The Kier molecular flexibility index (Phi) is 5.08. The Bertz CT molecular complexity index is 409. The second kappa shape index (κ2) is 6.12. The first-order valence-electron chi connectivity index (χ1n) is 5.40. The third kappa shape index (κ3) is 4.09. The van der Waals surface area contributed by atoms with Crippen molar-refractivity contribution >= 4 is 21.8 Å². The van der Waals surface area contributed by atoms with Crippen molar-refractivity contribution in [2.45, 2.75) is 19.9 Å². The summed E-state index contributed by atoms with van der Waals surface area (Å²) in [5.74, 6) is -0.341. The maximum Gasteiger partial charge on any atom is 0.252 e. The number of nitrogens with two attached hydrogens (primary N) is 1. The monoisotopic (exact) mass is 302 g/mol. The Morgan fingerprint density at radius 2 is 2.18 bits per heavy atom. The fourth-order valence-electron chi connectivity index (χ4n) is 1.22. The number of hydrogen-bond acceptors (Lipinski definition) is 2. The third-order valence-corrected chi connectivity index (χ3v) is 3.19. The van der Waals surface area contributed by atoms with Gasteiger partial charge in [0.05, 0.1) is 5.56 Å². The van der Waals surface area contributed by atoms with E-state index in [1.54, 1.807) is 0 Å². The van der Waals surface area contributed by atoms with Gasteiger partial charge in [-0.15, -0.1) is 0 Å². The first-order chi connectivity index (χ1) is 7.91. The molecule has 0 aromatic heterocycles. The minimum Gasteiger partial charge on any atom is -0.350 e. The lowest BCUT2D eigenvalue weighted by molar-refractivity contribution is 0.0948. The molecule has 0 spiro atoms. The molecule has 1 aromatic rings. The van der Waals surface area contributed by atoms with E-state index in [1.165, 1.54) is 18.2 Å². The highest BCUT2D eigenvalue weighted by molar-refractivity contribution is 9.10. The van der Waals surface area contributed by atoms with E-state index in [0.29, 0.717) is 22.5 Å². The number of rotatable bonds is 4. The van der Waals surface area contributed by atoms with E-state index in [9.17, 15) is 9.18 Å². The lowest BCUT2D eigenvalue weighted by Crippen LogP contribution is -2.40. The Morgan fingerprint density at radius 1 is 1.53 bits per heavy atom. The Morgan fingerprint density at radius 3 is 2.71 bits per heavy atom. The molecule has 17 heavy (non-hydrogen) atoms. The fraction of sp³-hybridized carbons (Fsp3) is 0.417. The van der Waals surface area contributed by atoms with E-state index in [2.05, 4.69) is 21.2 Å². The number of benzene rings is 1. The zero-order valence-corrected chi connectivity index (χ0v) is 11.4. The van der Waals surface area contributed by atoms with Gasteiger partial charge in [-0.3, -0.25) is 4.79 Å². The summed E-state index contributed by atoms with van der Waals surface area (Å²) < 4.78 is 13.3. The van der Waals surface area contributed by atoms with E-state index in [-0.39, 0.29) is 17.8 Å². The molecule has 1 atom stereocenters. The molecule has 94 valence electrons. The molecule has 1 aromatic carbocycles. The van der Waals surface area contributed by atoms with E-state index >= 15 is 0 Å². The van der Waals surface area contributed by atoms with Gasteiger partial charge in [-0.05, 0) is 40.0 Å². The Labute approximate surface area is 109 Å². The van der Waals surface area contributed by atoms with Crippen LogP contribution in [0.3, 0.4) is 0 Å². The third-order valence-electron chi connectivity index (χ3n) is 2.53. The van der Waals surface area contributed by atoms with Crippen molar-refractivity contribution in [1.29, 1.82) is 0 Å². The molecule has 0 radical (unpaired) electrons. The molecule has 0 saturated carbocycles. The number of nitrogens with one attached hydrogen (secondary N) is 1. The van der Waals surface area contributed by atoms with Crippen molar-refractivity contribution in [3.8, 4) is 0 Å². The maximum atomic E-state index is 12.8. The topological polar surface area (TPSA) is 55.1 Å². The largest absolute Gasteiger partial charge is 0.350 e. The number of halogens is 2. The smallest absolute Gasteiger partial charge is 0.252 e. The van der Waals surface area contributed by atoms with Crippen LogP contribution >= 0.6 is 15.9 Å². The first-order valence-corrected chi connectivity index (χ1v) is 6.20. The molecule has 0 aliphatic heterocycles. The average Bonchev–Trinajstić information content (AvgIpc) is 2.25. The van der Waals surface area contributed by atoms with Crippen LogP contribution in [0.4, 0.5) is 4.39 Å². The van der Waals surface area contributed by atoms with Gasteiger partial charge in [0, 0.05) is 17.1 Å². The number of carbonyl (C=O) groups excluding carboxylic acids is 1. The SMILES string of the molecule is CC(C)C(N)CNC(=O)c1ccc(F)cc1Br. The van der Waals surface area contributed by atoms with Crippen LogP contribution in [-0.4, -0.2) is 18.5 Å². The van der Waals surface area contributed by atoms with Gasteiger partial charge in [-0.2, -0.15) is 0 Å². The number of carbonyl (C=O) groups is 1. The molecule has 0 bridgehead atoms. The standard InChI is InChI=1S/C12H16BrFN2O/c1-7(2)11(15)6-16-12(17)9-4-3-8(14)5-10(9)13/h3-5,7,11H,6,15H2,1-2H3,(H,16,17). The van der Waals surface area contributed by atoms with Gasteiger partial charge in [-0.25, -0.2) is 4.39 Å². The minimum absolute atomic E-state index is 0.0850. The van der Waals surface area contributed by atoms with Gasteiger partial charge in [0.25, 0.3) is 5.91 Å². The van der Waals surface area contributed by atoms with Gasteiger partial charge in [0.2, 0.25) is 0 Å². The molecule has 3 N–H and O–H groups in total. The van der Waals surface area contributed by atoms with Crippen LogP contribution in [0, 0.1) is 11.7 Å². The summed E-state index contributed by atoms with van der Waals surface area (Å²) in [6.45, 7) is 4.38. The predicted octanol–water partition coefficient (Wildman–Crippen LogP) is 2.30. The quantitative estimate of drug-likeness (QED) is 0.897. The highest BCUT2D eigenvalue weighted by Gasteiger charge is 2.13. The fourth-order valence-corrected chi connectivity index (χ4v) is 1.75. The molecule has 3 nitrogen and oxygen atoms in total. The summed E-state index contributed by atoms with van der Waals surface area (Å²) in [6, 6.07) is 3.87. The zero-order valence-electron chi connectivity index (χ0n) is 9.84. The van der Waals surface area contributed by atoms with E-state index in [4.69, 9.17) is 5.73 Å². The van der Waals surface area contributed by atoms with Crippen molar-refractivity contribution in [2.24, 2.45) is 11.7 Å². The van der Waals surface area contributed by atoms with Gasteiger partial charge < -0.3 is 11.1 Å². The van der Waals surface area contributed by atoms with E-state index in [0.717, 1.165) is 0 Å². The Balaban J connectivity index is 2.64. The molecule has 1 rings (SSSR count). The minimum atomic E-state index is -0.382. The predicted molar refractivity (Wildman–Crippen MR) is 69.2 cm³/mol. The van der Waals surface area contributed by atoms with E-state index in [1.807, 2.05) is 13.8 Å². The van der Waals surface area contributed by atoms with Gasteiger partial charge in [0.1, 0.15) is 5.82 Å². The highest BCUT2D eigenvalue weighted by atomic mass is 79.9. The van der Waals surface area contributed by atoms with Crippen molar-refractivity contribution in [3.05, 3.63) is 34.1 Å². The Hall–Kier alpha value is -0.940. The molecule has 1 amide bonds. The average molecular weight is 303 g/mol. The molecule has 1 unspecified atom stereocenters. The summed E-state index contributed by atoms with van der Waals surface area (Å²) in [7, 11) is 0. The molecule has 0 saturated heterocycles. The number of amides is 1. The summed E-state index contributed by atoms with van der Waals surface area (Å²) in [6.07, 6.45) is 0. The second-order valence-corrected chi connectivity index (χ2v) is 5.10. The normalized spacial score (nSPS) is 12.6. The van der Waals surface area contributed by atoms with Crippen LogP contribution in [0.25, 0.3) is 0 Å². The summed E-state index contributed by atoms with van der Waals surface area (Å²) in [5.41, 5.74) is 6.22. The molecule has 0 aliphatic rings. The lowest BCUT2D eigenvalue weighted by Gasteiger charge is -2.16. The maximum absolute atomic E-state index is 12.8. The van der Waals surface area contributed by atoms with Crippen molar-refractivity contribution in [3.63, 3.8) is 0 Å². The van der Waals surface area contributed by atoms with Crippen LogP contribution in [0.5, 0.6) is 0 Å². The summed E-state index contributed by atoms with van der Waals surface area (Å²) in [4.78, 5) is 11.8. The molecule has 0 aliphatic carbocycles. The second-order valence-electron chi connectivity index (χ2n) is 4.24. The molecular formula is C12H16BrFN2O. The molecule has 0 fully saturated rings. The summed E-state index contributed by atoms with van der Waals surface area (Å²) >= 11 is 3.15. The molecular weight excluding hydrogens is 287 g/mol. The van der Waals surface area contributed by atoms with Gasteiger partial charge in [0.15, 0.2) is 0 Å².